The largest absolute Gasteiger partial charge is 0.310 e. The molecule has 0 unspecified atom stereocenters. The van der Waals surface area contributed by atoms with Gasteiger partial charge < -0.3 is 5.32 Å². The highest BCUT2D eigenvalue weighted by Crippen LogP contribution is 2.23. The fourth-order valence-electron chi connectivity index (χ4n) is 2.56. The van der Waals surface area contributed by atoms with Gasteiger partial charge in [-0.1, -0.05) is 17.7 Å². The van der Waals surface area contributed by atoms with E-state index >= 15 is 0 Å². The van der Waals surface area contributed by atoms with E-state index in [4.69, 9.17) is 5.10 Å². The molecule has 0 aliphatic heterocycles. The molecule has 1 heterocycles. The van der Waals surface area contributed by atoms with Crippen LogP contribution >= 0.6 is 0 Å². The smallest absolute Gasteiger partial charge is 0.0694 e. The van der Waals surface area contributed by atoms with E-state index in [0.717, 1.165) is 18.3 Å². The predicted octanol–water partition coefficient (Wildman–Crippen LogP) is 3.36. The van der Waals surface area contributed by atoms with Crippen LogP contribution in [0.25, 0.3) is 5.69 Å². The summed E-state index contributed by atoms with van der Waals surface area (Å²) in [6.07, 6.45) is 2.64. The lowest BCUT2D eigenvalue weighted by Gasteiger charge is -2.13. The van der Waals surface area contributed by atoms with Crippen molar-refractivity contribution in [1.29, 1.82) is 0 Å². The first kappa shape index (κ1) is 13.4. The summed E-state index contributed by atoms with van der Waals surface area (Å²) in [5, 5.41) is 8.31. The normalized spacial score (nSPS) is 14.8. The molecule has 1 aromatic heterocycles. The average Bonchev–Trinajstić information content (AvgIpc) is 3.21. The molecule has 3 nitrogen and oxygen atoms in total. The molecule has 1 aliphatic rings. The third-order valence-electron chi connectivity index (χ3n) is 4.27. The molecule has 3 heteroatoms. The van der Waals surface area contributed by atoms with E-state index in [0.29, 0.717) is 0 Å². The van der Waals surface area contributed by atoms with E-state index in [1.54, 1.807) is 0 Å². The molecular formula is C17H23N3. The molecule has 0 saturated heterocycles. The van der Waals surface area contributed by atoms with Crippen molar-refractivity contribution in [3.05, 3.63) is 46.3 Å². The van der Waals surface area contributed by atoms with E-state index < -0.39 is 0 Å². The van der Waals surface area contributed by atoms with Crippen molar-refractivity contribution < 1.29 is 0 Å². The van der Waals surface area contributed by atoms with Gasteiger partial charge in [-0.2, -0.15) is 5.10 Å². The molecule has 0 amide bonds. The van der Waals surface area contributed by atoms with E-state index in [-0.39, 0.29) is 0 Å². The van der Waals surface area contributed by atoms with Crippen LogP contribution in [0.3, 0.4) is 0 Å². The molecule has 1 saturated carbocycles. The minimum atomic E-state index is 0.727. The maximum Gasteiger partial charge on any atom is 0.0694 e. The van der Waals surface area contributed by atoms with Crippen LogP contribution < -0.4 is 5.32 Å². The Morgan fingerprint density at radius 1 is 1.20 bits per heavy atom. The van der Waals surface area contributed by atoms with E-state index in [1.165, 1.54) is 40.9 Å². The molecule has 0 bridgehead atoms. The maximum absolute atomic E-state index is 4.70. The van der Waals surface area contributed by atoms with Gasteiger partial charge in [0, 0.05) is 18.3 Å². The zero-order valence-electron chi connectivity index (χ0n) is 12.8. The molecule has 1 aromatic carbocycles. The lowest BCUT2D eigenvalue weighted by Crippen LogP contribution is -2.17. The molecule has 106 valence electrons. The maximum atomic E-state index is 4.70. The summed E-state index contributed by atoms with van der Waals surface area (Å²) in [5.74, 6) is 0. The van der Waals surface area contributed by atoms with E-state index in [9.17, 15) is 0 Å². The summed E-state index contributed by atoms with van der Waals surface area (Å²) in [4.78, 5) is 0. The Labute approximate surface area is 121 Å². The van der Waals surface area contributed by atoms with Crippen molar-refractivity contribution in [1.82, 2.24) is 15.1 Å². The number of aromatic nitrogens is 2. The van der Waals surface area contributed by atoms with Crippen LogP contribution in [0.4, 0.5) is 0 Å². The second kappa shape index (κ2) is 5.06. The number of nitrogens with one attached hydrogen (secondary N) is 1. The monoisotopic (exact) mass is 269 g/mol. The van der Waals surface area contributed by atoms with Crippen LogP contribution in [-0.2, 0) is 6.54 Å². The molecule has 1 aliphatic carbocycles. The van der Waals surface area contributed by atoms with Gasteiger partial charge in [0.1, 0.15) is 0 Å². The molecule has 0 atom stereocenters. The second-order valence-corrected chi connectivity index (χ2v) is 5.99. The lowest BCUT2D eigenvalue weighted by atomic mass is 10.1. The zero-order valence-corrected chi connectivity index (χ0v) is 12.8. The van der Waals surface area contributed by atoms with Gasteiger partial charge in [0.15, 0.2) is 0 Å². The number of hydrogen-bond acceptors (Lipinski definition) is 2. The van der Waals surface area contributed by atoms with Gasteiger partial charge in [0.25, 0.3) is 0 Å². The van der Waals surface area contributed by atoms with Crippen molar-refractivity contribution in [3.8, 4) is 5.69 Å². The molecule has 0 radical (unpaired) electrons. The Balaban J connectivity index is 2.00. The second-order valence-electron chi connectivity index (χ2n) is 5.99. The quantitative estimate of drug-likeness (QED) is 0.922. The van der Waals surface area contributed by atoms with Crippen molar-refractivity contribution in [2.24, 2.45) is 0 Å². The van der Waals surface area contributed by atoms with Gasteiger partial charge in [0.2, 0.25) is 0 Å². The third kappa shape index (κ3) is 2.50. The van der Waals surface area contributed by atoms with Crippen LogP contribution in [0.15, 0.2) is 18.2 Å². The number of benzene rings is 1. The van der Waals surface area contributed by atoms with Gasteiger partial charge in [-0.05, 0) is 57.7 Å². The predicted molar refractivity (Wildman–Crippen MR) is 82.4 cm³/mol. The van der Waals surface area contributed by atoms with Gasteiger partial charge in [-0.15, -0.1) is 0 Å². The molecule has 2 aromatic rings. The minimum Gasteiger partial charge on any atom is -0.310 e. The summed E-state index contributed by atoms with van der Waals surface area (Å²) in [5.41, 5.74) is 7.48. The summed E-state index contributed by atoms with van der Waals surface area (Å²) in [6.45, 7) is 9.45. The molecule has 1 fully saturated rings. The topological polar surface area (TPSA) is 29.9 Å². The van der Waals surface area contributed by atoms with Crippen molar-refractivity contribution in [2.45, 2.75) is 53.1 Å². The average molecular weight is 269 g/mol. The Morgan fingerprint density at radius 3 is 2.55 bits per heavy atom. The first-order valence-corrected chi connectivity index (χ1v) is 7.42. The Morgan fingerprint density at radius 2 is 1.95 bits per heavy atom. The highest BCUT2D eigenvalue weighted by Gasteiger charge is 2.21. The SMILES string of the molecule is Cc1ccc(-n2nc(C)c(C)c2C)c(CNC2CC2)c1. The molecule has 0 spiro atoms. The van der Waals surface area contributed by atoms with Crippen LogP contribution in [-0.4, -0.2) is 15.8 Å². The van der Waals surface area contributed by atoms with E-state index in [1.807, 2.05) is 0 Å². The molecule has 3 rings (SSSR count). The van der Waals surface area contributed by atoms with Crippen LogP contribution in [0, 0.1) is 27.7 Å². The Hall–Kier alpha value is -1.61. The minimum absolute atomic E-state index is 0.727. The fraction of sp³-hybridized carbons (Fsp3) is 0.471. The Kier molecular flexibility index (Phi) is 3.38. The van der Waals surface area contributed by atoms with Crippen LogP contribution in [0.5, 0.6) is 0 Å². The number of aryl methyl sites for hydroxylation is 2. The van der Waals surface area contributed by atoms with E-state index in [2.05, 4.69) is 55.9 Å². The number of rotatable bonds is 4. The Bertz CT molecular complexity index is 636. The lowest BCUT2D eigenvalue weighted by molar-refractivity contribution is 0.679. The number of hydrogen-bond donors (Lipinski definition) is 1. The highest BCUT2D eigenvalue weighted by atomic mass is 15.3. The highest BCUT2D eigenvalue weighted by molar-refractivity contribution is 5.45. The van der Waals surface area contributed by atoms with Crippen molar-refractivity contribution >= 4 is 0 Å². The summed E-state index contributed by atoms with van der Waals surface area (Å²) in [7, 11) is 0. The fourth-order valence-corrected chi connectivity index (χ4v) is 2.56. The van der Waals surface area contributed by atoms with Crippen molar-refractivity contribution in [3.63, 3.8) is 0 Å². The summed E-state index contributed by atoms with van der Waals surface area (Å²) in [6, 6.07) is 7.36. The summed E-state index contributed by atoms with van der Waals surface area (Å²) >= 11 is 0. The third-order valence-corrected chi connectivity index (χ3v) is 4.27. The van der Waals surface area contributed by atoms with Crippen molar-refractivity contribution in [2.75, 3.05) is 0 Å². The standard InChI is InChI=1S/C17H23N3/c1-11-5-8-17(15(9-11)10-18-16-6-7-16)20-14(4)12(2)13(3)19-20/h5,8-9,16,18H,6-7,10H2,1-4H3. The first-order valence-electron chi connectivity index (χ1n) is 7.42. The van der Waals surface area contributed by atoms with Gasteiger partial charge in [0.05, 0.1) is 11.4 Å². The molecule has 20 heavy (non-hydrogen) atoms. The van der Waals surface area contributed by atoms with Gasteiger partial charge in [-0.3, -0.25) is 0 Å². The van der Waals surface area contributed by atoms with Crippen LogP contribution in [0.2, 0.25) is 0 Å². The van der Waals surface area contributed by atoms with Gasteiger partial charge >= 0.3 is 0 Å². The van der Waals surface area contributed by atoms with Gasteiger partial charge in [-0.25, -0.2) is 4.68 Å². The molecule has 1 N–H and O–H groups in total. The summed E-state index contributed by atoms with van der Waals surface area (Å²) < 4.78 is 2.09. The molecular weight excluding hydrogens is 246 g/mol. The zero-order chi connectivity index (χ0) is 14.3. The number of nitrogens with zero attached hydrogens (tertiary/aromatic N) is 2. The first-order chi connectivity index (χ1) is 9.56. The van der Waals surface area contributed by atoms with Crippen LogP contribution in [0.1, 0.15) is 40.9 Å².